The molecule has 0 fully saturated rings. The van der Waals surface area contributed by atoms with Gasteiger partial charge in [0.15, 0.2) is 0 Å². The first-order valence-electron chi connectivity index (χ1n) is 0. The second kappa shape index (κ2) is 51.7. The number of rotatable bonds is 0. The first-order chi connectivity index (χ1) is 0. The van der Waals surface area contributed by atoms with Crippen LogP contribution < -0.4 is 0 Å². The van der Waals surface area contributed by atoms with Gasteiger partial charge in [0.05, 0.1) is 0 Å². The van der Waals surface area contributed by atoms with Crippen LogP contribution >= 0.6 is 0 Å². The molecule has 0 N–H and O–H groups in total. The van der Waals surface area contributed by atoms with E-state index in [0.717, 1.165) is 0 Å². The minimum absolute atomic E-state index is 0. The maximum Gasteiger partial charge on any atom is 0 e. The van der Waals surface area contributed by atoms with Crippen molar-refractivity contribution in [3.63, 3.8) is 0 Å². The van der Waals surface area contributed by atoms with E-state index >= 15 is 0 Å². The third-order valence-electron chi connectivity index (χ3n) is 0. The molecule has 0 rings (SSSR count). The van der Waals surface area contributed by atoms with Gasteiger partial charge in [-0.05, 0) is 0 Å². The Morgan fingerprint density at radius 2 is 0.286 bits per heavy atom. The minimum atomic E-state index is 0. The molecule has 0 heterocycles. The summed E-state index contributed by atoms with van der Waals surface area (Å²) in [4.78, 5) is 0. The smallest absolute Gasteiger partial charge is 0 e. The Balaban J connectivity index is 0. The molecule has 0 bridgehead atoms. The van der Waals surface area contributed by atoms with Gasteiger partial charge in [-0.3, -0.25) is 0 Å². The quantitative estimate of drug-likeness (QED) is 0.429. The predicted octanol–water partition coefficient (Wildman–Crippen LogP) is -2.29. The van der Waals surface area contributed by atoms with Gasteiger partial charge in [0.1, 0.15) is 0 Å². The summed E-state index contributed by atoms with van der Waals surface area (Å²) >= 11 is 0. The summed E-state index contributed by atoms with van der Waals surface area (Å²) < 4.78 is 0. The Morgan fingerprint density at radius 1 is 0.286 bits per heavy atom. The average molecular weight is 357 g/mol. The van der Waals surface area contributed by atoms with Gasteiger partial charge >= 0.3 is 0 Å². The fourth-order valence-electron chi connectivity index (χ4n) is 0. The zero-order valence-corrected chi connectivity index (χ0v) is 13.0. The van der Waals surface area contributed by atoms with E-state index in [2.05, 4.69) is 0 Å². The molecule has 0 saturated heterocycles. The molecule has 0 aliphatic heterocycles. The second-order valence-corrected chi connectivity index (χ2v) is 0. The first kappa shape index (κ1) is 70.5. The predicted molar refractivity (Wildman–Crippen MR) is 34.5 cm³/mol. The van der Waals surface area contributed by atoms with Crippen LogP contribution in [0.5, 0.6) is 0 Å². The van der Waals surface area contributed by atoms with Crippen LogP contribution in [0.25, 0.3) is 0 Å². The second-order valence-electron chi connectivity index (χ2n) is 0. The van der Waals surface area contributed by atoms with Crippen LogP contribution in [-0.4, -0.2) is 104 Å². The monoisotopic (exact) mass is 357 g/mol. The van der Waals surface area contributed by atoms with Crippen molar-refractivity contribution in [2.45, 2.75) is 0 Å². The van der Waals surface area contributed by atoms with E-state index in [1.165, 1.54) is 0 Å². The normalized spacial score (nSPS) is 0. The van der Waals surface area contributed by atoms with Crippen molar-refractivity contribution >= 4 is 104 Å². The van der Waals surface area contributed by atoms with Crippen molar-refractivity contribution in [1.82, 2.24) is 0 Å². The van der Waals surface area contributed by atoms with Gasteiger partial charge < -0.3 is 0 Å². The molecule has 18 radical (unpaired) electrons. The van der Waals surface area contributed by atoms with Crippen LogP contribution in [-0.2, 0) is 21.1 Å². The molecule has 0 amide bonds. The van der Waals surface area contributed by atoms with Gasteiger partial charge in [0, 0.05) is 125 Å². The van der Waals surface area contributed by atoms with Crippen LogP contribution in [0.15, 0.2) is 0 Å². The summed E-state index contributed by atoms with van der Waals surface area (Å²) in [6.07, 6.45) is 0. The minimum Gasteiger partial charge on any atom is 0 e. The largest absolute Gasteiger partial charge is 0 e. The molecule has 7 heteroatoms. The van der Waals surface area contributed by atoms with E-state index in [1.54, 1.807) is 0 Å². The van der Waals surface area contributed by atoms with Gasteiger partial charge in [0.25, 0.3) is 0 Å². The molecule has 0 saturated carbocycles. The van der Waals surface area contributed by atoms with Crippen LogP contribution in [0.3, 0.4) is 0 Å². The van der Waals surface area contributed by atoms with E-state index in [-0.39, 0.29) is 125 Å². The Hall–Kier alpha value is 3.88. The van der Waals surface area contributed by atoms with E-state index in [9.17, 15) is 0 Å². The van der Waals surface area contributed by atoms with Crippen LogP contribution in [0.1, 0.15) is 0 Å². The molecule has 0 aromatic heterocycles. The SMILES string of the molecule is [Al].[Al].[Al].[Al].[Al].[Al].[Pt]. The molecule has 0 atom stereocenters. The van der Waals surface area contributed by atoms with E-state index in [4.69, 9.17) is 0 Å². The van der Waals surface area contributed by atoms with Gasteiger partial charge in [-0.15, -0.1) is 0 Å². The average Bonchev–Trinajstić information content (AvgIpc) is 0. The van der Waals surface area contributed by atoms with Crippen molar-refractivity contribution in [3.05, 3.63) is 0 Å². The van der Waals surface area contributed by atoms with Crippen molar-refractivity contribution in [3.8, 4) is 0 Å². The van der Waals surface area contributed by atoms with Crippen molar-refractivity contribution in [2.75, 3.05) is 0 Å². The number of hydrogen-bond acceptors (Lipinski definition) is 0. The van der Waals surface area contributed by atoms with Crippen molar-refractivity contribution in [2.24, 2.45) is 0 Å². The maximum atomic E-state index is 0. The van der Waals surface area contributed by atoms with Crippen LogP contribution in [0.4, 0.5) is 0 Å². The summed E-state index contributed by atoms with van der Waals surface area (Å²) in [7, 11) is 0. The van der Waals surface area contributed by atoms with Crippen molar-refractivity contribution in [1.29, 1.82) is 0 Å². The topological polar surface area (TPSA) is 0 Å². The maximum absolute atomic E-state index is 0. The van der Waals surface area contributed by atoms with Crippen molar-refractivity contribution < 1.29 is 21.1 Å². The summed E-state index contributed by atoms with van der Waals surface area (Å²) in [5, 5.41) is 0. The molecular formula is Al6Pt. The van der Waals surface area contributed by atoms with Crippen LogP contribution in [0, 0.1) is 0 Å². The summed E-state index contributed by atoms with van der Waals surface area (Å²) in [5.41, 5.74) is 0. The van der Waals surface area contributed by atoms with E-state index in [0.29, 0.717) is 0 Å². The third kappa shape index (κ3) is 40.7. The molecule has 0 spiro atoms. The first-order valence-corrected chi connectivity index (χ1v) is 0. The van der Waals surface area contributed by atoms with Gasteiger partial charge in [-0.2, -0.15) is 0 Å². The van der Waals surface area contributed by atoms with Gasteiger partial charge in [0.2, 0.25) is 0 Å². The van der Waals surface area contributed by atoms with E-state index < -0.39 is 0 Å². The van der Waals surface area contributed by atoms with Gasteiger partial charge in [-0.1, -0.05) is 0 Å². The van der Waals surface area contributed by atoms with Crippen LogP contribution in [0.2, 0.25) is 0 Å². The number of hydrogen-bond donors (Lipinski definition) is 0. The Kier molecular flexibility index (Phi) is 521. The third-order valence-corrected chi connectivity index (χ3v) is 0. The molecule has 0 unspecified atom stereocenters. The standard InChI is InChI=1S/6Al.Pt. The molecular weight excluding hydrogens is 357 g/mol. The molecule has 7 heavy (non-hydrogen) atoms. The summed E-state index contributed by atoms with van der Waals surface area (Å²) in [6, 6.07) is 0. The molecule has 0 aliphatic carbocycles. The summed E-state index contributed by atoms with van der Waals surface area (Å²) in [5.74, 6) is 0. The molecule has 28 valence electrons. The fraction of sp³-hybridized carbons (Fsp3) is 0. The molecule has 0 aromatic rings. The fourth-order valence-corrected chi connectivity index (χ4v) is 0. The Labute approximate surface area is 123 Å². The Bertz CT molecular complexity index is 4.14. The zero-order valence-electron chi connectivity index (χ0n) is 3.78. The summed E-state index contributed by atoms with van der Waals surface area (Å²) in [6.45, 7) is 0. The van der Waals surface area contributed by atoms with E-state index in [1.807, 2.05) is 0 Å². The zero-order chi connectivity index (χ0) is 0. The molecule has 0 nitrogen and oxygen atoms in total. The molecule has 0 aromatic carbocycles. The Morgan fingerprint density at radius 3 is 0.286 bits per heavy atom. The van der Waals surface area contributed by atoms with Gasteiger partial charge in [-0.25, -0.2) is 0 Å². The molecule has 0 aliphatic rings.